The van der Waals surface area contributed by atoms with Crippen LogP contribution in [0.2, 0.25) is 0 Å². The monoisotopic (exact) mass is 661 g/mol. The quantitative estimate of drug-likeness (QED) is 0.121. The number of hydrogen-bond acceptors (Lipinski definition) is 9. The van der Waals surface area contributed by atoms with E-state index in [9.17, 15) is 19.2 Å². The van der Waals surface area contributed by atoms with Crippen LogP contribution in [0, 0.1) is 11.8 Å². The Labute approximate surface area is 312 Å². The second-order valence-electron chi connectivity index (χ2n) is 10.5. The molecule has 1 amide bonds. The fourth-order valence-corrected chi connectivity index (χ4v) is 5.70. The summed E-state index contributed by atoms with van der Waals surface area (Å²) in [5, 5.41) is 19.0. The molecule has 45 heavy (non-hydrogen) atoms. The number of fused-ring (bicyclic) bond motifs is 2. The maximum absolute atomic E-state index is 12.6. The molecule has 14 heteroatoms. The van der Waals surface area contributed by atoms with Gasteiger partial charge in [0.1, 0.15) is 0 Å². The van der Waals surface area contributed by atoms with Crippen LogP contribution in [0.5, 0.6) is 23.0 Å². The Morgan fingerprint density at radius 1 is 0.800 bits per heavy atom. The average Bonchev–Trinajstić information content (AvgIpc) is 3.59. The molecule has 0 aliphatic carbocycles. The van der Waals surface area contributed by atoms with Crippen molar-refractivity contribution in [2.75, 3.05) is 27.4 Å². The molecule has 1 aromatic heterocycles. The molecule has 0 unspecified atom stereocenters. The Morgan fingerprint density at radius 2 is 1.31 bits per heavy atom. The Bertz CT molecular complexity index is 1550. The van der Waals surface area contributed by atoms with Gasteiger partial charge in [0.05, 0.1) is 44.1 Å². The van der Waals surface area contributed by atoms with Gasteiger partial charge in [-0.15, -0.1) is 11.3 Å². The van der Waals surface area contributed by atoms with Crippen molar-refractivity contribution in [3.8, 4) is 23.0 Å². The van der Waals surface area contributed by atoms with Gasteiger partial charge in [-0.1, -0.05) is 13.8 Å². The normalized spacial score (nSPS) is 13.1. The van der Waals surface area contributed by atoms with Crippen molar-refractivity contribution in [1.29, 1.82) is 0 Å². The maximum Gasteiger partial charge on any atom is 1.00 e. The molecule has 0 bridgehead atoms. The molecule has 2 aromatic carbocycles. The number of hydrogen-bond donors (Lipinski definition) is 2. The maximum atomic E-state index is 12.6. The third-order valence-electron chi connectivity index (χ3n) is 7.26. The molecular formula is C31H37NNa2O10S. The third-order valence-corrected chi connectivity index (χ3v) is 8.40. The Morgan fingerprint density at radius 3 is 1.87 bits per heavy atom. The number of rotatable bonds is 15. The van der Waals surface area contributed by atoms with Crippen LogP contribution in [-0.2, 0) is 27.5 Å². The van der Waals surface area contributed by atoms with Crippen molar-refractivity contribution in [2.45, 2.75) is 46.2 Å². The van der Waals surface area contributed by atoms with Crippen molar-refractivity contribution in [2.24, 2.45) is 11.8 Å². The van der Waals surface area contributed by atoms with Gasteiger partial charge in [0.15, 0.2) is 28.8 Å². The predicted molar refractivity (Wildman–Crippen MR) is 161 cm³/mol. The fraction of sp³-hybridized carbons (Fsp3) is 0.419. The topological polar surface area (TPSA) is 149 Å². The molecule has 1 aliphatic heterocycles. The molecular weight excluding hydrogens is 624 g/mol. The number of ether oxygens (including phenoxy) is 4. The van der Waals surface area contributed by atoms with Crippen molar-refractivity contribution in [1.82, 2.24) is 4.90 Å². The number of carboxylic acid groups (broad SMARTS) is 2. The Balaban J connectivity index is 0.00000529. The second-order valence-corrected chi connectivity index (χ2v) is 11.6. The summed E-state index contributed by atoms with van der Waals surface area (Å²) in [5.74, 6) is -1.83. The number of ketones is 1. The summed E-state index contributed by atoms with van der Waals surface area (Å²) >= 11 is 1.29. The van der Waals surface area contributed by atoms with Crippen LogP contribution in [0.3, 0.4) is 0 Å². The van der Waals surface area contributed by atoms with Gasteiger partial charge in [0.25, 0.3) is 0 Å². The van der Waals surface area contributed by atoms with Crippen LogP contribution in [0.15, 0.2) is 30.3 Å². The average molecular weight is 662 g/mol. The standard InChI is InChI=1S/C31H35NO10S.2Na.2H/c1-17(30(35)36)8-22(33)28-13-19-10-25(24(40-4)14-27(19)43-28)41-6-5-7-42-26-12-21-16-32(15-20(21)11-23(26)39-3)29(34)9-18(2)31(37)38;;;;/h10-14,17-18H,5-9,15-16H2,1-4H3,(H,35,36)(H,37,38);;;;/q;2*+1;2*-1/t17-,18-;;;;/m0..../s1. The molecule has 0 fully saturated rings. The zero-order valence-electron chi connectivity index (χ0n) is 28.5. The number of benzene rings is 2. The summed E-state index contributed by atoms with van der Waals surface area (Å²) in [6, 6.07) is 9.05. The van der Waals surface area contributed by atoms with E-state index in [0.29, 0.717) is 60.6 Å². The van der Waals surface area contributed by atoms with Gasteiger partial charge in [0, 0.05) is 43.1 Å². The van der Waals surface area contributed by atoms with E-state index in [0.717, 1.165) is 21.2 Å². The molecule has 0 saturated heterocycles. The summed E-state index contributed by atoms with van der Waals surface area (Å²) < 4.78 is 23.8. The molecule has 2 N–H and O–H groups in total. The summed E-state index contributed by atoms with van der Waals surface area (Å²) in [7, 11) is 3.08. The van der Waals surface area contributed by atoms with Crippen molar-refractivity contribution in [3.63, 3.8) is 0 Å². The van der Waals surface area contributed by atoms with E-state index in [2.05, 4.69) is 0 Å². The number of methoxy groups -OCH3 is 2. The minimum absolute atomic E-state index is 0. The second kappa shape index (κ2) is 17.6. The largest absolute Gasteiger partial charge is 1.00 e. The first-order valence-electron chi connectivity index (χ1n) is 13.8. The van der Waals surface area contributed by atoms with Crippen molar-refractivity contribution in [3.05, 3.63) is 46.3 Å². The summed E-state index contributed by atoms with van der Waals surface area (Å²) in [6.45, 7) is 4.45. The zero-order chi connectivity index (χ0) is 31.3. The SMILES string of the molecule is COc1cc2c(cc1OCCCOc1cc3cc(C(=O)C[C@H](C)C(=O)O)sc3cc1OC)CN(C(=O)C[C@H](C)C(=O)O)C2.[H-].[H-].[Na+].[Na+]. The predicted octanol–water partition coefficient (Wildman–Crippen LogP) is -0.754. The first kappa shape index (κ1) is 38.9. The van der Waals surface area contributed by atoms with Gasteiger partial charge in [-0.2, -0.15) is 0 Å². The van der Waals surface area contributed by atoms with Crippen LogP contribution in [-0.4, -0.2) is 66.2 Å². The number of Topliss-reactive ketones (excluding diaryl/α,β-unsaturated/α-hetero) is 1. The molecule has 1 aliphatic rings. The van der Waals surface area contributed by atoms with Crippen molar-refractivity contribution >= 4 is 45.1 Å². The van der Waals surface area contributed by atoms with E-state index in [-0.39, 0.29) is 86.5 Å². The number of carbonyl (C=O) groups is 4. The Kier molecular flexibility index (Phi) is 15.2. The van der Waals surface area contributed by atoms with Gasteiger partial charge < -0.3 is 36.9 Å². The van der Waals surface area contributed by atoms with E-state index < -0.39 is 23.8 Å². The van der Waals surface area contributed by atoms with Crippen molar-refractivity contribution < 1.29 is 110 Å². The van der Waals surface area contributed by atoms with Crippen LogP contribution in [0.4, 0.5) is 0 Å². The van der Waals surface area contributed by atoms with Crippen LogP contribution in [0.25, 0.3) is 10.1 Å². The number of nitrogens with zero attached hydrogens (tertiary/aromatic N) is 1. The van der Waals surface area contributed by atoms with Gasteiger partial charge in [-0.05, 0) is 40.8 Å². The van der Waals surface area contributed by atoms with E-state index >= 15 is 0 Å². The van der Waals surface area contributed by atoms with E-state index in [4.69, 9.17) is 29.2 Å². The minimum atomic E-state index is -1.01. The number of aliphatic carboxylic acids is 2. The van der Waals surface area contributed by atoms with Gasteiger partial charge >= 0.3 is 71.1 Å². The van der Waals surface area contributed by atoms with Gasteiger partial charge in [-0.25, -0.2) is 0 Å². The summed E-state index contributed by atoms with van der Waals surface area (Å²) in [6.07, 6.45) is 0.416. The number of thiophene rings is 1. The number of carboxylic acids is 2. The molecule has 3 aromatic rings. The van der Waals surface area contributed by atoms with Crippen LogP contribution < -0.4 is 78.1 Å². The number of amides is 1. The summed E-state index contributed by atoms with van der Waals surface area (Å²) in [4.78, 5) is 49.5. The zero-order valence-corrected chi connectivity index (χ0v) is 31.3. The molecule has 0 spiro atoms. The summed E-state index contributed by atoms with van der Waals surface area (Å²) in [5.41, 5.74) is 1.86. The molecule has 0 saturated carbocycles. The first-order valence-corrected chi connectivity index (χ1v) is 14.7. The third kappa shape index (κ3) is 9.84. The van der Waals surface area contributed by atoms with Crippen LogP contribution >= 0.6 is 11.3 Å². The first-order chi connectivity index (χ1) is 20.5. The smallest absolute Gasteiger partial charge is 1.00 e. The molecule has 4 rings (SSSR count). The molecule has 0 radical (unpaired) electrons. The van der Waals surface area contributed by atoms with E-state index in [1.165, 1.54) is 32.3 Å². The van der Waals surface area contributed by atoms with Crippen LogP contribution in [0.1, 0.15) is 56.8 Å². The minimum Gasteiger partial charge on any atom is -1.00 e. The van der Waals surface area contributed by atoms with Gasteiger partial charge in [-0.3, -0.25) is 19.2 Å². The Hall–Kier alpha value is -2.32. The number of carbonyl (C=O) groups excluding carboxylic acids is 2. The van der Waals surface area contributed by atoms with E-state index in [1.54, 1.807) is 30.2 Å². The molecule has 234 valence electrons. The molecule has 2 heterocycles. The molecule has 11 nitrogen and oxygen atoms in total. The molecule has 2 atom stereocenters. The van der Waals surface area contributed by atoms with Gasteiger partial charge in [0.2, 0.25) is 5.91 Å². The fourth-order valence-electron chi connectivity index (χ4n) is 4.68. The van der Waals surface area contributed by atoms with E-state index in [1.807, 2.05) is 12.1 Å².